The van der Waals surface area contributed by atoms with Crippen molar-refractivity contribution >= 4 is 52.5 Å². The molecule has 0 spiro atoms. The van der Waals surface area contributed by atoms with Gasteiger partial charge in [0, 0.05) is 35.2 Å². The lowest BCUT2D eigenvalue weighted by atomic mass is 9.97. The van der Waals surface area contributed by atoms with E-state index in [1.54, 1.807) is 23.9 Å². The van der Waals surface area contributed by atoms with Crippen molar-refractivity contribution in [2.45, 2.75) is 25.1 Å². The number of carbonyl (C=O) groups excluding carboxylic acids is 1. The van der Waals surface area contributed by atoms with E-state index in [0.29, 0.717) is 46.4 Å². The monoisotopic (exact) mass is 538 g/mol. The summed E-state index contributed by atoms with van der Waals surface area (Å²) in [6, 6.07) is 13.0. The molecule has 1 amide bonds. The van der Waals surface area contributed by atoms with E-state index in [1.807, 2.05) is 30.3 Å². The third-order valence-electron chi connectivity index (χ3n) is 5.60. The topological polar surface area (TPSA) is 71.3 Å². The van der Waals surface area contributed by atoms with Crippen molar-refractivity contribution in [3.8, 4) is 11.4 Å². The molecule has 0 radical (unpaired) electrons. The van der Waals surface area contributed by atoms with Crippen LogP contribution in [0.5, 0.6) is 0 Å². The Kier molecular flexibility index (Phi) is 9.14. The molecular formula is C24H25Cl3N4O2S. The van der Waals surface area contributed by atoms with Crippen LogP contribution in [-0.4, -0.2) is 46.3 Å². The number of hydrogen-bond acceptors (Lipinski definition) is 6. The van der Waals surface area contributed by atoms with Gasteiger partial charge in [0.1, 0.15) is 0 Å². The van der Waals surface area contributed by atoms with E-state index >= 15 is 0 Å². The Bertz CT molecular complexity index is 1110. The second-order valence-corrected chi connectivity index (χ2v) is 10.5. The third kappa shape index (κ3) is 7.12. The minimum Gasteiger partial charge on any atom is -0.355 e. The number of nitrogens with one attached hydrogen (secondary N) is 1. The average molecular weight is 540 g/mol. The van der Waals surface area contributed by atoms with Crippen molar-refractivity contribution in [2.24, 2.45) is 5.92 Å². The van der Waals surface area contributed by atoms with Crippen LogP contribution in [0, 0.1) is 5.92 Å². The number of likely N-dealkylation sites (tertiary alicyclic amines) is 1. The summed E-state index contributed by atoms with van der Waals surface area (Å²) in [6.45, 7) is 2.75. The molecule has 180 valence electrons. The zero-order chi connectivity index (χ0) is 23.9. The van der Waals surface area contributed by atoms with Crippen molar-refractivity contribution in [1.82, 2.24) is 20.4 Å². The summed E-state index contributed by atoms with van der Waals surface area (Å²) in [7, 11) is 0. The van der Waals surface area contributed by atoms with E-state index in [2.05, 4.69) is 20.4 Å². The number of carbonyl (C=O) groups is 1. The van der Waals surface area contributed by atoms with Crippen LogP contribution in [0.15, 0.2) is 47.0 Å². The molecule has 10 heteroatoms. The van der Waals surface area contributed by atoms with Gasteiger partial charge in [-0.1, -0.05) is 46.0 Å². The first-order valence-electron chi connectivity index (χ1n) is 11.1. The number of piperidine rings is 1. The number of rotatable bonds is 9. The maximum absolute atomic E-state index is 12.7. The highest BCUT2D eigenvalue weighted by Gasteiger charge is 2.26. The van der Waals surface area contributed by atoms with Crippen LogP contribution in [0.3, 0.4) is 0 Å². The molecule has 1 saturated heterocycles. The number of halogens is 3. The Morgan fingerprint density at radius 3 is 2.76 bits per heavy atom. The molecule has 0 bridgehead atoms. The number of thioether (sulfide) groups is 1. The van der Waals surface area contributed by atoms with Crippen LogP contribution < -0.4 is 5.32 Å². The van der Waals surface area contributed by atoms with E-state index in [1.165, 1.54) is 0 Å². The van der Waals surface area contributed by atoms with Crippen molar-refractivity contribution < 1.29 is 9.32 Å². The number of amides is 1. The van der Waals surface area contributed by atoms with Gasteiger partial charge in [-0.2, -0.15) is 16.7 Å². The van der Waals surface area contributed by atoms with Gasteiger partial charge < -0.3 is 9.84 Å². The summed E-state index contributed by atoms with van der Waals surface area (Å²) in [4.78, 5) is 19.4. The van der Waals surface area contributed by atoms with Crippen LogP contribution in [0.1, 0.15) is 24.3 Å². The summed E-state index contributed by atoms with van der Waals surface area (Å²) in [6.07, 6.45) is 1.85. The summed E-state index contributed by atoms with van der Waals surface area (Å²) < 4.78 is 5.44. The summed E-state index contributed by atoms with van der Waals surface area (Å²) >= 11 is 19.7. The van der Waals surface area contributed by atoms with Crippen LogP contribution in [0.2, 0.25) is 15.1 Å². The van der Waals surface area contributed by atoms with Crippen molar-refractivity contribution in [1.29, 1.82) is 0 Å². The predicted molar refractivity (Wildman–Crippen MR) is 138 cm³/mol. The summed E-state index contributed by atoms with van der Waals surface area (Å²) in [5.41, 5.74) is 1.97. The van der Waals surface area contributed by atoms with E-state index in [-0.39, 0.29) is 11.8 Å². The second-order valence-electron chi connectivity index (χ2n) is 8.18. The Morgan fingerprint density at radius 1 is 1.15 bits per heavy atom. The lowest BCUT2D eigenvalue weighted by Crippen LogP contribution is -2.43. The number of benzene rings is 2. The van der Waals surface area contributed by atoms with Gasteiger partial charge in [0.15, 0.2) is 0 Å². The van der Waals surface area contributed by atoms with Crippen LogP contribution in [-0.2, 0) is 17.1 Å². The van der Waals surface area contributed by atoms with Gasteiger partial charge in [-0.25, -0.2) is 0 Å². The quantitative estimate of drug-likeness (QED) is 0.338. The summed E-state index contributed by atoms with van der Waals surface area (Å²) in [5.74, 6) is 2.81. The molecular weight excluding hydrogens is 515 g/mol. The van der Waals surface area contributed by atoms with Crippen LogP contribution >= 0.6 is 46.6 Å². The van der Waals surface area contributed by atoms with Crippen molar-refractivity contribution in [3.05, 3.63) is 69.0 Å². The molecule has 0 aliphatic carbocycles. The van der Waals surface area contributed by atoms with E-state index in [0.717, 1.165) is 42.0 Å². The number of hydrogen-bond donors (Lipinski definition) is 1. The molecule has 1 atom stereocenters. The van der Waals surface area contributed by atoms with Gasteiger partial charge in [-0.3, -0.25) is 9.69 Å². The fourth-order valence-corrected chi connectivity index (χ4v) is 5.10. The first-order chi connectivity index (χ1) is 16.5. The Morgan fingerprint density at radius 2 is 1.97 bits per heavy atom. The highest BCUT2D eigenvalue weighted by molar-refractivity contribution is 7.98. The van der Waals surface area contributed by atoms with Gasteiger partial charge in [0.05, 0.1) is 22.5 Å². The van der Waals surface area contributed by atoms with Crippen molar-refractivity contribution in [2.75, 3.05) is 25.4 Å². The van der Waals surface area contributed by atoms with Crippen LogP contribution in [0.4, 0.5) is 0 Å². The second kappa shape index (κ2) is 12.3. The van der Waals surface area contributed by atoms with E-state index < -0.39 is 0 Å². The third-order valence-corrected chi connectivity index (χ3v) is 7.63. The van der Waals surface area contributed by atoms with Crippen LogP contribution in [0.25, 0.3) is 11.4 Å². The molecule has 0 saturated carbocycles. The minimum atomic E-state index is -0.0347. The lowest BCUT2D eigenvalue weighted by molar-refractivity contribution is -0.126. The molecule has 2 aromatic carbocycles. The zero-order valence-electron chi connectivity index (χ0n) is 18.5. The molecule has 1 N–H and O–H groups in total. The smallest absolute Gasteiger partial charge is 0.241 e. The molecule has 4 rings (SSSR count). The zero-order valence-corrected chi connectivity index (χ0v) is 21.6. The Hall–Kier alpha value is -1.77. The first-order valence-corrected chi connectivity index (χ1v) is 13.4. The molecule has 1 unspecified atom stereocenters. The molecule has 1 aliphatic heterocycles. The minimum absolute atomic E-state index is 0.0347. The highest BCUT2D eigenvalue weighted by atomic mass is 35.5. The normalized spacial score (nSPS) is 16.5. The first kappa shape index (κ1) is 25.3. The molecule has 1 fully saturated rings. The number of nitrogens with zero attached hydrogens (tertiary/aromatic N) is 3. The average Bonchev–Trinajstić information content (AvgIpc) is 3.30. The Labute approximate surface area is 218 Å². The number of aromatic nitrogens is 2. The standard InChI is InChI=1S/C24H25Cl3N4O2S/c25-19-6-4-17(5-7-19)23-29-22(33-30-23)14-31-10-1-2-18(13-31)24(32)28-9-11-34-15-16-3-8-20(26)21(27)12-16/h3-8,12,18H,1-2,9-11,13-15H2,(H,28,32). The summed E-state index contributed by atoms with van der Waals surface area (Å²) in [5, 5.41) is 8.94. The molecule has 3 aromatic rings. The van der Waals surface area contributed by atoms with Gasteiger partial charge >= 0.3 is 0 Å². The molecule has 2 heterocycles. The predicted octanol–water partition coefficient (Wildman–Crippen LogP) is 5.96. The van der Waals surface area contributed by atoms with E-state index in [9.17, 15) is 4.79 Å². The Balaban J connectivity index is 1.19. The van der Waals surface area contributed by atoms with Gasteiger partial charge in [-0.15, -0.1) is 0 Å². The van der Waals surface area contributed by atoms with Crippen molar-refractivity contribution in [3.63, 3.8) is 0 Å². The molecule has 1 aromatic heterocycles. The molecule has 34 heavy (non-hydrogen) atoms. The van der Waals surface area contributed by atoms with Gasteiger partial charge in [-0.05, 0) is 61.3 Å². The fourth-order valence-electron chi connectivity index (χ4n) is 3.85. The molecule has 6 nitrogen and oxygen atoms in total. The molecule has 1 aliphatic rings. The largest absolute Gasteiger partial charge is 0.355 e. The maximum atomic E-state index is 12.7. The SMILES string of the molecule is O=C(NCCSCc1ccc(Cl)c(Cl)c1)C1CCCN(Cc2nc(-c3ccc(Cl)cc3)no2)C1. The van der Waals surface area contributed by atoms with Gasteiger partial charge in [0.25, 0.3) is 0 Å². The lowest BCUT2D eigenvalue weighted by Gasteiger charge is -2.30. The highest BCUT2D eigenvalue weighted by Crippen LogP contribution is 2.25. The van der Waals surface area contributed by atoms with Gasteiger partial charge in [0.2, 0.25) is 17.6 Å². The fraction of sp³-hybridized carbons (Fsp3) is 0.375. The van der Waals surface area contributed by atoms with E-state index in [4.69, 9.17) is 39.3 Å². The maximum Gasteiger partial charge on any atom is 0.241 e.